The molecular weight excluding hydrogens is 214 g/mol. The first kappa shape index (κ1) is 12.4. The van der Waals surface area contributed by atoms with Crippen molar-refractivity contribution in [2.24, 2.45) is 11.8 Å². The summed E-state index contributed by atoms with van der Waals surface area (Å²) in [7, 11) is 0. The highest BCUT2D eigenvalue weighted by Gasteiger charge is 2.22. The fraction of sp³-hybridized carbons (Fsp3) is 0.643. The van der Waals surface area contributed by atoms with Crippen molar-refractivity contribution in [1.29, 1.82) is 0 Å². The number of Topliss-reactive ketones (excluding diaryl/α,β-unsaturated/α-hetero) is 1. The lowest BCUT2D eigenvalue weighted by Crippen LogP contribution is -2.34. The normalized spacial score (nSPS) is 22.3. The maximum Gasteiger partial charge on any atom is 0.140 e. The van der Waals surface area contributed by atoms with E-state index in [9.17, 15) is 4.79 Å². The van der Waals surface area contributed by atoms with E-state index in [1.807, 2.05) is 12.1 Å². The van der Waals surface area contributed by atoms with Crippen LogP contribution in [0, 0.1) is 11.8 Å². The molecule has 1 aliphatic heterocycles. The fourth-order valence-electron chi connectivity index (χ4n) is 2.57. The van der Waals surface area contributed by atoms with E-state index in [2.05, 4.69) is 12.2 Å². The number of hydrogen-bond donors (Lipinski definition) is 1. The monoisotopic (exact) mass is 235 g/mol. The van der Waals surface area contributed by atoms with Gasteiger partial charge in [0.05, 0.1) is 12.7 Å². The average molecular weight is 235 g/mol. The van der Waals surface area contributed by atoms with Crippen molar-refractivity contribution < 1.29 is 9.21 Å². The summed E-state index contributed by atoms with van der Waals surface area (Å²) in [5.74, 6) is 2.21. The highest BCUT2D eigenvalue weighted by molar-refractivity contribution is 5.80. The van der Waals surface area contributed by atoms with Gasteiger partial charge in [0.2, 0.25) is 0 Å². The summed E-state index contributed by atoms with van der Waals surface area (Å²) < 4.78 is 5.20. The number of carbonyl (C=O) groups excluding carboxylic acids is 1. The van der Waals surface area contributed by atoms with Crippen LogP contribution in [0.4, 0.5) is 0 Å². The van der Waals surface area contributed by atoms with E-state index in [1.54, 1.807) is 6.26 Å². The predicted octanol–water partition coefficient (Wildman–Crippen LogP) is 2.42. The Bertz CT molecular complexity index is 339. The van der Waals surface area contributed by atoms with Crippen LogP contribution in [0.25, 0.3) is 0 Å². The second-order valence-corrected chi connectivity index (χ2v) is 5.08. The summed E-state index contributed by atoms with van der Waals surface area (Å²) in [5, 5.41) is 3.40. The van der Waals surface area contributed by atoms with E-state index in [0.29, 0.717) is 24.7 Å². The Morgan fingerprint density at radius 3 is 3.18 bits per heavy atom. The molecule has 0 spiro atoms. The zero-order chi connectivity index (χ0) is 12.1. The standard InChI is InChI=1S/C14H21NO2/c1-11(12-4-2-6-15-10-12)8-13(16)9-14-5-3-7-17-14/h3,5,7,11-12,15H,2,4,6,8-10H2,1H3. The summed E-state index contributed by atoms with van der Waals surface area (Å²) in [6.07, 6.45) is 5.23. The molecule has 3 heteroatoms. The molecule has 94 valence electrons. The van der Waals surface area contributed by atoms with E-state index in [-0.39, 0.29) is 5.78 Å². The van der Waals surface area contributed by atoms with Crippen molar-refractivity contribution in [3.05, 3.63) is 24.2 Å². The third-order valence-electron chi connectivity index (χ3n) is 3.64. The minimum atomic E-state index is 0.290. The number of nitrogens with one attached hydrogen (secondary N) is 1. The van der Waals surface area contributed by atoms with Gasteiger partial charge in [0.15, 0.2) is 0 Å². The van der Waals surface area contributed by atoms with Gasteiger partial charge >= 0.3 is 0 Å². The molecule has 0 amide bonds. The molecule has 1 saturated heterocycles. The van der Waals surface area contributed by atoms with E-state index in [4.69, 9.17) is 4.42 Å². The molecule has 2 heterocycles. The Morgan fingerprint density at radius 2 is 2.53 bits per heavy atom. The molecular formula is C14H21NO2. The van der Waals surface area contributed by atoms with Gasteiger partial charge in [-0.05, 0) is 49.9 Å². The molecule has 1 N–H and O–H groups in total. The van der Waals surface area contributed by atoms with Crippen LogP contribution in [-0.4, -0.2) is 18.9 Å². The van der Waals surface area contributed by atoms with Crippen molar-refractivity contribution in [1.82, 2.24) is 5.32 Å². The van der Waals surface area contributed by atoms with Gasteiger partial charge < -0.3 is 9.73 Å². The predicted molar refractivity (Wildman–Crippen MR) is 66.8 cm³/mol. The summed E-state index contributed by atoms with van der Waals surface area (Å²) in [5.41, 5.74) is 0. The molecule has 0 saturated carbocycles. The molecule has 17 heavy (non-hydrogen) atoms. The Kier molecular flexibility index (Phi) is 4.37. The van der Waals surface area contributed by atoms with Crippen molar-refractivity contribution >= 4 is 5.78 Å². The van der Waals surface area contributed by atoms with Gasteiger partial charge in [0.1, 0.15) is 11.5 Å². The largest absolute Gasteiger partial charge is 0.469 e. The van der Waals surface area contributed by atoms with Crippen molar-refractivity contribution in [2.45, 2.75) is 32.6 Å². The number of carbonyl (C=O) groups is 1. The van der Waals surface area contributed by atoms with Gasteiger partial charge in [-0.2, -0.15) is 0 Å². The summed E-state index contributed by atoms with van der Waals surface area (Å²) in [6.45, 7) is 4.39. The zero-order valence-electron chi connectivity index (χ0n) is 10.4. The Balaban J connectivity index is 1.77. The lowest BCUT2D eigenvalue weighted by Gasteiger charge is -2.27. The minimum Gasteiger partial charge on any atom is -0.469 e. The number of piperidine rings is 1. The number of furan rings is 1. The van der Waals surface area contributed by atoms with Crippen LogP contribution >= 0.6 is 0 Å². The van der Waals surface area contributed by atoms with E-state index in [1.165, 1.54) is 12.8 Å². The first-order valence-corrected chi connectivity index (χ1v) is 6.50. The van der Waals surface area contributed by atoms with Crippen LogP contribution < -0.4 is 5.32 Å². The van der Waals surface area contributed by atoms with Gasteiger partial charge in [-0.1, -0.05) is 6.92 Å². The fourth-order valence-corrected chi connectivity index (χ4v) is 2.57. The molecule has 2 unspecified atom stereocenters. The summed E-state index contributed by atoms with van der Waals surface area (Å²) in [4.78, 5) is 11.9. The third-order valence-corrected chi connectivity index (χ3v) is 3.64. The van der Waals surface area contributed by atoms with E-state index in [0.717, 1.165) is 18.8 Å². The van der Waals surface area contributed by atoms with Gasteiger partial charge in [0.25, 0.3) is 0 Å². The molecule has 1 aliphatic rings. The topological polar surface area (TPSA) is 42.2 Å². The van der Waals surface area contributed by atoms with Gasteiger partial charge in [0, 0.05) is 6.42 Å². The Hall–Kier alpha value is -1.09. The highest BCUT2D eigenvalue weighted by atomic mass is 16.3. The lowest BCUT2D eigenvalue weighted by atomic mass is 9.84. The van der Waals surface area contributed by atoms with Crippen LogP contribution in [0.5, 0.6) is 0 Å². The van der Waals surface area contributed by atoms with Crippen LogP contribution in [-0.2, 0) is 11.2 Å². The SMILES string of the molecule is CC(CC(=O)Cc1ccco1)C1CCCNC1. The van der Waals surface area contributed by atoms with Gasteiger partial charge in [-0.15, -0.1) is 0 Å². The zero-order valence-corrected chi connectivity index (χ0v) is 10.4. The quantitative estimate of drug-likeness (QED) is 0.852. The number of ketones is 1. The van der Waals surface area contributed by atoms with Crippen LogP contribution in [0.2, 0.25) is 0 Å². The second kappa shape index (κ2) is 6.01. The Morgan fingerprint density at radius 1 is 1.65 bits per heavy atom. The summed E-state index contributed by atoms with van der Waals surface area (Å²) >= 11 is 0. The highest BCUT2D eigenvalue weighted by Crippen LogP contribution is 2.23. The molecule has 1 aromatic rings. The first-order valence-electron chi connectivity index (χ1n) is 6.50. The maximum atomic E-state index is 11.9. The molecule has 2 atom stereocenters. The number of hydrogen-bond acceptors (Lipinski definition) is 3. The molecule has 1 aromatic heterocycles. The minimum absolute atomic E-state index is 0.290. The smallest absolute Gasteiger partial charge is 0.140 e. The van der Waals surface area contributed by atoms with Crippen LogP contribution in [0.3, 0.4) is 0 Å². The van der Waals surface area contributed by atoms with E-state index < -0.39 is 0 Å². The lowest BCUT2D eigenvalue weighted by molar-refractivity contribution is -0.119. The van der Waals surface area contributed by atoms with Gasteiger partial charge in [-0.3, -0.25) is 4.79 Å². The maximum absolute atomic E-state index is 11.9. The second-order valence-electron chi connectivity index (χ2n) is 5.08. The molecule has 1 fully saturated rings. The average Bonchev–Trinajstić information content (AvgIpc) is 2.82. The first-order chi connectivity index (χ1) is 8.25. The van der Waals surface area contributed by atoms with Crippen molar-refractivity contribution in [2.75, 3.05) is 13.1 Å². The van der Waals surface area contributed by atoms with Crippen LogP contribution in [0.1, 0.15) is 31.9 Å². The number of rotatable bonds is 5. The summed E-state index contributed by atoms with van der Waals surface area (Å²) in [6, 6.07) is 3.70. The van der Waals surface area contributed by atoms with Crippen LogP contribution in [0.15, 0.2) is 22.8 Å². The molecule has 2 rings (SSSR count). The molecule has 0 aliphatic carbocycles. The van der Waals surface area contributed by atoms with Crippen molar-refractivity contribution in [3.63, 3.8) is 0 Å². The molecule has 0 aromatic carbocycles. The Labute approximate surface area is 103 Å². The third kappa shape index (κ3) is 3.70. The van der Waals surface area contributed by atoms with Gasteiger partial charge in [-0.25, -0.2) is 0 Å². The van der Waals surface area contributed by atoms with Crippen molar-refractivity contribution in [3.8, 4) is 0 Å². The molecule has 3 nitrogen and oxygen atoms in total. The molecule has 0 radical (unpaired) electrons. The molecule has 0 bridgehead atoms. The van der Waals surface area contributed by atoms with E-state index >= 15 is 0 Å².